The SMILES string of the molecule is COc1ccc(S(=O)(=O)N2CCN(C(=O)Cc3ccccc3C)CC2)cc1OC. The van der Waals surface area contributed by atoms with Crippen LogP contribution in [0.2, 0.25) is 0 Å². The molecule has 0 atom stereocenters. The molecule has 0 N–H and O–H groups in total. The van der Waals surface area contributed by atoms with E-state index in [9.17, 15) is 13.2 Å². The third kappa shape index (κ3) is 4.54. The standard InChI is InChI=1S/C21H26N2O5S/c1-16-6-4-5-7-17(16)14-21(24)22-10-12-23(13-11-22)29(25,26)18-8-9-19(27-2)20(15-18)28-3/h4-9,15H,10-14H2,1-3H3. The molecular weight excluding hydrogens is 392 g/mol. The number of ether oxygens (including phenoxy) is 2. The number of amides is 1. The molecule has 0 aromatic heterocycles. The summed E-state index contributed by atoms with van der Waals surface area (Å²) in [7, 11) is -0.710. The van der Waals surface area contributed by atoms with Gasteiger partial charge in [0.2, 0.25) is 15.9 Å². The normalized spacial score (nSPS) is 15.2. The molecule has 0 saturated carbocycles. The number of nitrogens with zero attached hydrogens (tertiary/aromatic N) is 2. The van der Waals surface area contributed by atoms with E-state index < -0.39 is 10.0 Å². The minimum Gasteiger partial charge on any atom is -0.493 e. The Morgan fingerprint density at radius 2 is 1.62 bits per heavy atom. The Hall–Kier alpha value is -2.58. The summed E-state index contributed by atoms with van der Waals surface area (Å²) >= 11 is 0. The van der Waals surface area contributed by atoms with Gasteiger partial charge in [0.25, 0.3) is 0 Å². The molecule has 1 saturated heterocycles. The van der Waals surface area contributed by atoms with Gasteiger partial charge in [-0.15, -0.1) is 0 Å². The van der Waals surface area contributed by atoms with Gasteiger partial charge in [-0.05, 0) is 30.2 Å². The summed E-state index contributed by atoms with van der Waals surface area (Å²) in [4.78, 5) is 14.5. The first kappa shape index (κ1) is 21.1. The van der Waals surface area contributed by atoms with Crippen LogP contribution in [0.4, 0.5) is 0 Å². The van der Waals surface area contributed by atoms with E-state index >= 15 is 0 Å². The van der Waals surface area contributed by atoms with Gasteiger partial charge in [0.05, 0.1) is 25.5 Å². The van der Waals surface area contributed by atoms with Crippen LogP contribution in [0.15, 0.2) is 47.4 Å². The van der Waals surface area contributed by atoms with E-state index in [2.05, 4.69) is 0 Å². The highest BCUT2D eigenvalue weighted by Gasteiger charge is 2.30. The van der Waals surface area contributed by atoms with Crippen LogP contribution >= 0.6 is 0 Å². The number of aryl methyl sites for hydroxylation is 1. The van der Waals surface area contributed by atoms with Crippen molar-refractivity contribution in [3.63, 3.8) is 0 Å². The molecule has 1 amide bonds. The summed E-state index contributed by atoms with van der Waals surface area (Å²) in [5.74, 6) is 0.848. The van der Waals surface area contributed by atoms with Gasteiger partial charge in [-0.25, -0.2) is 8.42 Å². The van der Waals surface area contributed by atoms with Crippen LogP contribution in [0, 0.1) is 6.92 Å². The fraction of sp³-hybridized carbons (Fsp3) is 0.381. The summed E-state index contributed by atoms with van der Waals surface area (Å²) < 4.78 is 37.8. The number of benzene rings is 2. The molecule has 0 spiro atoms. The van der Waals surface area contributed by atoms with Crippen LogP contribution in [0.5, 0.6) is 11.5 Å². The zero-order chi connectivity index (χ0) is 21.0. The zero-order valence-corrected chi connectivity index (χ0v) is 17.7. The highest BCUT2D eigenvalue weighted by molar-refractivity contribution is 7.89. The molecule has 1 fully saturated rings. The van der Waals surface area contributed by atoms with Gasteiger partial charge in [-0.3, -0.25) is 4.79 Å². The topological polar surface area (TPSA) is 76.2 Å². The third-order valence-corrected chi connectivity index (χ3v) is 7.08. The lowest BCUT2D eigenvalue weighted by molar-refractivity contribution is -0.131. The van der Waals surface area contributed by atoms with E-state index in [1.165, 1.54) is 30.7 Å². The molecule has 0 radical (unpaired) electrons. The van der Waals surface area contributed by atoms with E-state index in [1.54, 1.807) is 11.0 Å². The Labute approximate surface area is 171 Å². The van der Waals surface area contributed by atoms with Crippen molar-refractivity contribution in [3.8, 4) is 11.5 Å². The lowest BCUT2D eigenvalue weighted by Crippen LogP contribution is -2.50. The van der Waals surface area contributed by atoms with E-state index in [1.807, 2.05) is 31.2 Å². The van der Waals surface area contributed by atoms with Crippen molar-refractivity contribution in [2.75, 3.05) is 40.4 Å². The molecule has 7 nitrogen and oxygen atoms in total. The van der Waals surface area contributed by atoms with Crippen LogP contribution in [0.1, 0.15) is 11.1 Å². The number of methoxy groups -OCH3 is 2. The molecular formula is C21H26N2O5S. The maximum Gasteiger partial charge on any atom is 0.243 e. The molecule has 1 heterocycles. The van der Waals surface area contributed by atoms with Gasteiger partial charge >= 0.3 is 0 Å². The van der Waals surface area contributed by atoms with Gasteiger partial charge in [-0.2, -0.15) is 4.31 Å². The first-order valence-corrected chi connectivity index (χ1v) is 10.8. The number of hydrogen-bond acceptors (Lipinski definition) is 5. The second-order valence-electron chi connectivity index (χ2n) is 6.90. The lowest BCUT2D eigenvalue weighted by atomic mass is 10.1. The largest absolute Gasteiger partial charge is 0.493 e. The molecule has 29 heavy (non-hydrogen) atoms. The van der Waals surface area contributed by atoms with Gasteiger partial charge in [0.15, 0.2) is 11.5 Å². The van der Waals surface area contributed by atoms with Crippen LogP contribution in [-0.2, 0) is 21.2 Å². The average Bonchev–Trinajstić information content (AvgIpc) is 2.74. The average molecular weight is 419 g/mol. The minimum atomic E-state index is -3.67. The van der Waals surface area contributed by atoms with Gasteiger partial charge in [0, 0.05) is 32.2 Å². The zero-order valence-electron chi connectivity index (χ0n) is 16.9. The molecule has 2 aromatic rings. The number of carbonyl (C=O) groups excluding carboxylic acids is 1. The summed E-state index contributed by atoms with van der Waals surface area (Å²) in [5, 5.41) is 0. The molecule has 0 unspecified atom stereocenters. The van der Waals surface area contributed by atoms with Crippen molar-refractivity contribution in [2.45, 2.75) is 18.2 Å². The van der Waals surface area contributed by atoms with Crippen LogP contribution in [-0.4, -0.2) is 63.9 Å². The van der Waals surface area contributed by atoms with Crippen molar-refractivity contribution < 1.29 is 22.7 Å². The van der Waals surface area contributed by atoms with Gasteiger partial charge in [-0.1, -0.05) is 24.3 Å². The Balaban J connectivity index is 1.66. The Morgan fingerprint density at radius 1 is 0.966 bits per heavy atom. The van der Waals surface area contributed by atoms with Crippen LogP contribution in [0.3, 0.4) is 0 Å². The minimum absolute atomic E-state index is 0.0162. The number of rotatable bonds is 6. The van der Waals surface area contributed by atoms with E-state index in [0.29, 0.717) is 31.0 Å². The van der Waals surface area contributed by atoms with Crippen LogP contribution < -0.4 is 9.47 Å². The Bertz CT molecular complexity index is 982. The van der Waals surface area contributed by atoms with Crippen molar-refractivity contribution in [2.24, 2.45) is 0 Å². The van der Waals surface area contributed by atoms with Crippen LogP contribution in [0.25, 0.3) is 0 Å². The fourth-order valence-corrected chi connectivity index (χ4v) is 4.83. The second kappa shape index (κ2) is 8.84. The summed E-state index contributed by atoms with van der Waals surface area (Å²) in [6, 6.07) is 12.3. The van der Waals surface area contributed by atoms with Gasteiger partial charge < -0.3 is 14.4 Å². The molecule has 3 rings (SSSR count). The maximum absolute atomic E-state index is 13.0. The first-order valence-electron chi connectivity index (χ1n) is 9.41. The molecule has 1 aliphatic rings. The van der Waals surface area contributed by atoms with Crippen molar-refractivity contribution >= 4 is 15.9 Å². The van der Waals surface area contributed by atoms with E-state index in [4.69, 9.17) is 9.47 Å². The number of piperazine rings is 1. The summed E-state index contributed by atoms with van der Waals surface area (Å²) in [5.41, 5.74) is 2.08. The molecule has 156 valence electrons. The van der Waals surface area contributed by atoms with Crippen molar-refractivity contribution in [1.82, 2.24) is 9.21 Å². The van der Waals surface area contributed by atoms with Crippen molar-refractivity contribution in [3.05, 3.63) is 53.6 Å². The molecule has 8 heteroatoms. The predicted octanol–water partition coefficient (Wildman–Crippen LogP) is 2.09. The van der Waals surface area contributed by atoms with Crippen molar-refractivity contribution in [1.29, 1.82) is 0 Å². The van der Waals surface area contributed by atoms with E-state index in [-0.39, 0.29) is 23.9 Å². The highest BCUT2D eigenvalue weighted by atomic mass is 32.2. The Kier molecular flexibility index (Phi) is 6.44. The highest BCUT2D eigenvalue weighted by Crippen LogP contribution is 2.30. The lowest BCUT2D eigenvalue weighted by Gasteiger charge is -2.34. The number of hydrogen-bond donors (Lipinski definition) is 0. The molecule has 1 aliphatic heterocycles. The molecule has 2 aromatic carbocycles. The Morgan fingerprint density at radius 3 is 2.24 bits per heavy atom. The van der Waals surface area contributed by atoms with Gasteiger partial charge in [0.1, 0.15) is 0 Å². The molecule has 0 aliphatic carbocycles. The molecule has 0 bridgehead atoms. The number of carbonyl (C=O) groups is 1. The third-order valence-electron chi connectivity index (χ3n) is 5.19. The second-order valence-corrected chi connectivity index (χ2v) is 8.84. The van der Waals surface area contributed by atoms with E-state index in [0.717, 1.165) is 11.1 Å². The summed E-state index contributed by atoms with van der Waals surface area (Å²) in [6.45, 7) is 3.25. The fourth-order valence-electron chi connectivity index (χ4n) is 3.39. The number of sulfonamides is 1. The smallest absolute Gasteiger partial charge is 0.243 e. The summed E-state index contributed by atoms with van der Waals surface area (Å²) in [6.07, 6.45) is 0.328. The first-order chi connectivity index (χ1) is 13.9. The maximum atomic E-state index is 13.0. The predicted molar refractivity (Wildman–Crippen MR) is 110 cm³/mol. The monoisotopic (exact) mass is 418 g/mol. The quantitative estimate of drug-likeness (QED) is 0.718.